The van der Waals surface area contributed by atoms with E-state index in [9.17, 15) is 9.59 Å². The number of ether oxygens (including phenoxy) is 1. The monoisotopic (exact) mass is 239 g/mol. The molecule has 0 aromatic rings. The highest BCUT2D eigenvalue weighted by molar-refractivity contribution is 6.32. The lowest BCUT2D eigenvalue weighted by Crippen LogP contribution is -2.52. The van der Waals surface area contributed by atoms with Gasteiger partial charge in [-0.3, -0.25) is 4.79 Å². The Morgan fingerprint density at radius 2 is 1.88 bits per heavy atom. The van der Waals surface area contributed by atoms with Gasteiger partial charge in [0.2, 0.25) is 0 Å². The zero-order valence-corrected chi connectivity index (χ0v) is 10.5. The first-order chi connectivity index (χ1) is 8.24. The third kappa shape index (κ3) is 2.61. The molecule has 0 aromatic heterocycles. The van der Waals surface area contributed by atoms with Gasteiger partial charge in [-0.1, -0.05) is 12.8 Å². The molecule has 0 spiro atoms. The van der Waals surface area contributed by atoms with Gasteiger partial charge in [0.1, 0.15) is 0 Å². The second-order valence-electron chi connectivity index (χ2n) is 4.97. The summed E-state index contributed by atoms with van der Waals surface area (Å²) in [5.74, 6) is -0.502. The molecule has 0 unspecified atom stereocenters. The largest absolute Gasteiger partial charge is 0.459 e. The van der Waals surface area contributed by atoms with E-state index in [0.29, 0.717) is 5.92 Å². The number of piperidine rings is 1. The summed E-state index contributed by atoms with van der Waals surface area (Å²) >= 11 is 0. The molecule has 17 heavy (non-hydrogen) atoms. The van der Waals surface area contributed by atoms with Crippen LogP contribution in [0.3, 0.4) is 0 Å². The van der Waals surface area contributed by atoms with Gasteiger partial charge in [0.05, 0.1) is 6.61 Å². The topological polar surface area (TPSA) is 46.6 Å². The van der Waals surface area contributed by atoms with Crippen LogP contribution in [-0.4, -0.2) is 36.0 Å². The first kappa shape index (κ1) is 12.4. The molecule has 2 rings (SSSR count). The molecule has 1 heterocycles. The Kier molecular flexibility index (Phi) is 4.02. The summed E-state index contributed by atoms with van der Waals surface area (Å²) in [6, 6.07) is 0.286. The number of hydrogen-bond donors (Lipinski definition) is 0. The minimum Gasteiger partial charge on any atom is -0.459 e. The van der Waals surface area contributed by atoms with Crippen molar-refractivity contribution >= 4 is 11.9 Å². The van der Waals surface area contributed by atoms with Gasteiger partial charge < -0.3 is 9.64 Å². The molecule has 1 amide bonds. The van der Waals surface area contributed by atoms with E-state index in [4.69, 9.17) is 4.74 Å². The SMILES string of the molecule is CCOC(=O)C(=O)N1CCC[C@H]2CCCC[C@H]21. The van der Waals surface area contributed by atoms with Crippen LogP contribution in [0.5, 0.6) is 0 Å². The standard InChI is InChI=1S/C13H21NO3/c1-2-17-13(16)12(15)14-9-5-7-10-6-3-4-8-11(10)14/h10-11H,2-9H2,1H3/t10-,11-/m1/s1. The highest BCUT2D eigenvalue weighted by Gasteiger charge is 2.38. The van der Waals surface area contributed by atoms with Gasteiger partial charge >= 0.3 is 11.9 Å². The van der Waals surface area contributed by atoms with Crippen molar-refractivity contribution in [3.05, 3.63) is 0 Å². The lowest BCUT2D eigenvalue weighted by atomic mass is 9.78. The lowest BCUT2D eigenvalue weighted by Gasteiger charge is -2.43. The minimum absolute atomic E-state index is 0.270. The summed E-state index contributed by atoms with van der Waals surface area (Å²) in [4.78, 5) is 25.3. The Labute approximate surface area is 102 Å². The van der Waals surface area contributed by atoms with E-state index in [1.807, 2.05) is 0 Å². The molecule has 0 N–H and O–H groups in total. The first-order valence-electron chi connectivity index (χ1n) is 6.71. The van der Waals surface area contributed by atoms with Crippen LogP contribution in [0.1, 0.15) is 45.4 Å². The summed E-state index contributed by atoms with van der Waals surface area (Å²) in [5.41, 5.74) is 0. The highest BCUT2D eigenvalue weighted by Crippen LogP contribution is 2.35. The molecule has 0 radical (unpaired) electrons. The zero-order chi connectivity index (χ0) is 12.3. The van der Waals surface area contributed by atoms with Crippen LogP contribution < -0.4 is 0 Å². The maximum absolute atomic E-state index is 12.0. The summed E-state index contributed by atoms with van der Waals surface area (Å²) in [6.45, 7) is 2.72. The quantitative estimate of drug-likeness (QED) is 0.517. The molecular weight excluding hydrogens is 218 g/mol. The van der Waals surface area contributed by atoms with Crippen molar-refractivity contribution in [3.63, 3.8) is 0 Å². The molecule has 4 nitrogen and oxygen atoms in total. The predicted molar refractivity (Wildman–Crippen MR) is 63.3 cm³/mol. The smallest absolute Gasteiger partial charge is 0.397 e. The maximum atomic E-state index is 12.0. The van der Waals surface area contributed by atoms with Gasteiger partial charge in [0, 0.05) is 12.6 Å². The molecule has 0 bridgehead atoms. The fourth-order valence-electron chi connectivity index (χ4n) is 3.19. The van der Waals surface area contributed by atoms with Crippen LogP contribution >= 0.6 is 0 Å². The molecule has 2 atom stereocenters. The van der Waals surface area contributed by atoms with E-state index in [0.717, 1.165) is 19.4 Å². The number of esters is 1. The van der Waals surface area contributed by atoms with Crippen molar-refractivity contribution in [2.24, 2.45) is 5.92 Å². The van der Waals surface area contributed by atoms with Crippen LogP contribution in [0.25, 0.3) is 0 Å². The molecule has 1 saturated carbocycles. The molecule has 96 valence electrons. The van der Waals surface area contributed by atoms with Gasteiger partial charge in [-0.05, 0) is 38.5 Å². The van der Waals surface area contributed by atoms with E-state index < -0.39 is 11.9 Å². The summed E-state index contributed by atoms with van der Waals surface area (Å²) in [7, 11) is 0. The Hall–Kier alpha value is -1.06. The molecule has 2 fully saturated rings. The van der Waals surface area contributed by atoms with Crippen molar-refractivity contribution in [2.75, 3.05) is 13.2 Å². The Balaban J connectivity index is 2.03. The van der Waals surface area contributed by atoms with Crippen molar-refractivity contribution in [3.8, 4) is 0 Å². The van der Waals surface area contributed by atoms with Crippen LogP contribution in [0.15, 0.2) is 0 Å². The molecule has 0 aromatic carbocycles. The average Bonchev–Trinajstić information content (AvgIpc) is 2.37. The van der Waals surface area contributed by atoms with Crippen molar-refractivity contribution in [1.82, 2.24) is 4.90 Å². The van der Waals surface area contributed by atoms with Gasteiger partial charge in [-0.2, -0.15) is 0 Å². The maximum Gasteiger partial charge on any atom is 0.397 e. The number of carbonyl (C=O) groups excluding carboxylic acids is 2. The zero-order valence-electron chi connectivity index (χ0n) is 10.5. The van der Waals surface area contributed by atoms with Crippen LogP contribution in [0.4, 0.5) is 0 Å². The molecule has 4 heteroatoms. The van der Waals surface area contributed by atoms with Crippen molar-refractivity contribution in [2.45, 2.75) is 51.5 Å². The fourth-order valence-corrected chi connectivity index (χ4v) is 3.19. The van der Waals surface area contributed by atoms with Crippen LogP contribution in [0, 0.1) is 5.92 Å². The first-order valence-corrected chi connectivity index (χ1v) is 6.71. The number of hydrogen-bond acceptors (Lipinski definition) is 3. The third-order valence-electron chi connectivity index (χ3n) is 3.95. The van der Waals surface area contributed by atoms with E-state index in [1.54, 1.807) is 11.8 Å². The second kappa shape index (κ2) is 5.52. The number of rotatable bonds is 1. The normalized spacial score (nSPS) is 28.4. The van der Waals surface area contributed by atoms with Crippen LogP contribution in [-0.2, 0) is 14.3 Å². The highest BCUT2D eigenvalue weighted by atomic mass is 16.5. The third-order valence-corrected chi connectivity index (χ3v) is 3.95. The number of fused-ring (bicyclic) bond motifs is 1. The van der Waals surface area contributed by atoms with Crippen LogP contribution in [0.2, 0.25) is 0 Å². The molecule has 1 aliphatic heterocycles. The fraction of sp³-hybridized carbons (Fsp3) is 0.846. The van der Waals surface area contributed by atoms with E-state index in [1.165, 1.54) is 25.7 Å². The summed E-state index contributed by atoms with van der Waals surface area (Å²) < 4.78 is 4.81. The molecule has 1 aliphatic carbocycles. The second-order valence-corrected chi connectivity index (χ2v) is 4.97. The van der Waals surface area contributed by atoms with Crippen molar-refractivity contribution in [1.29, 1.82) is 0 Å². The Morgan fingerprint density at radius 3 is 2.65 bits per heavy atom. The van der Waals surface area contributed by atoms with Gasteiger partial charge in [-0.15, -0.1) is 0 Å². The van der Waals surface area contributed by atoms with Crippen molar-refractivity contribution < 1.29 is 14.3 Å². The van der Waals surface area contributed by atoms with E-state index >= 15 is 0 Å². The minimum atomic E-state index is -0.682. The molecular formula is C13H21NO3. The number of likely N-dealkylation sites (tertiary alicyclic amines) is 1. The Bertz CT molecular complexity index is 301. The summed E-state index contributed by atoms with van der Waals surface area (Å²) in [5, 5.41) is 0. The van der Waals surface area contributed by atoms with E-state index in [-0.39, 0.29) is 12.6 Å². The number of nitrogens with zero attached hydrogens (tertiary/aromatic N) is 1. The summed E-state index contributed by atoms with van der Waals surface area (Å²) in [6.07, 6.45) is 6.92. The number of amides is 1. The predicted octanol–water partition coefficient (Wildman–Crippen LogP) is 1.73. The van der Waals surface area contributed by atoms with E-state index in [2.05, 4.69) is 0 Å². The lowest BCUT2D eigenvalue weighted by molar-refractivity contribution is -0.163. The van der Waals surface area contributed by atoms with Gasteiger partial charge in [0.25, 0.3) is 0 Å². The molecule has 1 saturated heterocycles. The Morgan fingerprint density at radius 1 is 1.18 bits per heavy atom. The van der Waals surface area contributed by atoms with Gasteiger partial charge in [0.15, 0.2) is 0 Å². The number of carbonyl (C=O) groups is 2. The average molecular weight is 239 g/mol. The van der Waals surface area contributed by atoms with Gasteiger partial charge in [-0.25, -0.2) is 4.79 Å². The molecule has 2 aliphatic rings.